The molecular weight excluding hydrogens is 268 g/mol. The van der Waals surface area contributed by atoms with Gasteiger partial charge in [0.15, 0.2) is 0 Å². The van der Waals surface area contributed by atoms with Crippen molar-refractivity contribution in [1.82, 2.24) is 4.98 Å². The second-order valence-electron chi connectivity index (χ2n) is 4.24. The highest BCUT2D eigenvalue weighted by atomic mass is 79.9. The summed E-state index contributed by atoms with van der Waals surface area (Å²) in [6.07, 6.45) is 7.01. The van der Waals surface area contributed by atoms with Crippen molar-refractivity contribution in [2.45, 2.75) is 37.8 Å². The monoisotopic (exact) mass is 284 g/mol. The predicted molar refractivity (Wildman–Crippen MR) is 68.6 cm³/mol. The molecule has 1 fully saturated rings. The average Bonchev–Trinajstić information content (AvgIpc) is 2.32. The Bertz CT molecular complexity index is 328. The number of methoxy groups -OCH3 is 1. The molecule has 1 saturated carbocycles. The van der Waals surface area contributed by atoms with Crippen molar-refractivity contribution in [3.8, 4) is 0 Å². The van der Waals surface area contributed by atoms with Gasteiger partial charge in [-0.15, -0.1) is 0 Å². The summed E-state index contributed by atoms with van der Waals surface area (Å²) < 4.78 is 6.29. The summed E-state index contributed by atoms with van der Waals surface area (Å²) in [5.41, 5.74) is 1.09. The first-order valence-corrected chi connectivity index (χ1v) is 6.48. The van der Waals surface area contributed by atoms with E-state index in [0.717, 1.165) is 16.7 Å². The minimum atomic E-state index is 0.412. The van der Waals surface area contributed by atoms with Gasteiger partial charge in [-0.25, -0.2) is 4.98 Å². The zero-order valence-corrected chi connectivity index (χ0v) is 11.0. The smallest absolute Gasteiger partial charge is 0.106 e. The van der Waals surface area contributed by atoms with Crippen LogP contribution in [-0.4, -0.2) is 24.2 Å². The largest absolute Gasteiger partial charge is 0.381 e. The molecule has 1 aromatic rings. The first kappa shape index (κ1) is 11.9. The van der Waals surface area contributed by atoms with E-state index in [2.05, 4.69) is 26.2 Å². The second-order valence-corrected chi connectivity index (χ2v) is 5.05. The summed E-state index contributed by atoms with van der Waals surface area (Å²) >= 11 is 3.33. The fraction of sp³-hybridized carbons (Fsp3) is 0.583. The molecular formula is C12H17BrN2O. The Kier molecular flexibility index (Phi) is 4.18. The zero-order chi connectivity index (χ0) is 11.4. The van der Waals surface area contributed by atoms with Crippen LogP contribution in [0.4, 0.5) is 5.69 Å². The van der Waals surface area contributed by atoms with Crippen molar-refractivity contribution in [2.24, 2.45) is 0 Å². The maximum absolute atomic E-state index is 5.42. The van der Waals surface area contributed by atoms with Crippen LogP contribution in [0.3, 0.4) is 0 Å². The first-order chi connectivity index (χ1) is 7.78. The van der Waals surface area contributed by atoms with Gasteiger partial charge in [-0.3, -0.25) is 0 Å². The van der Waals surface area contributed by atoms with E-state index < -0.39 is 0 Å². The van der Waals surface area contributed by atoms with E-state index in [1.807, 2.05) is 18.3 Å². The minimum absolute atomic E-state index is 0.412. The highest BCUT2D eigenvalue weighted by Gasteiger charge is 2.21. The summed E-state index contributed by atoms with van der Waals surface area (Å²) in [4.78, 5) is 4.21. The number of pyridine rings is 1. The van der Waals surface area contributed by atoms with Crippen LogP contribution < -0.4 is 5.32 Å². The standard InChI is InChI=1S/C12H17BrN2O/c1-16-11-4-2-3-9(7-11)15-10-5-6-12(13)14-8-10/h5-6,8-9,11,15H,2-4,7H2,1H3. The van der Waals surface area contributed by atoms with Gasteiger partial charge in [0.2, 0.25) is 0 Å². The second kappa shape index (κ2) is 5.64. The van der Waals surface area contributed by atoms with Crippen molar-refractivity contribution in [3.05, 3.63) is 22.9 Å². The van der Waals surface area contributed by atoms with E-state index >= 15 is 0 Å². The zero-order valence-electron chi connectivity index (χ0n) is 9.45. The van der Waals surface area contributed by atoms with E-state index in [0.29, 0.717) is 12.1 Å². The SMILES string of the molecule is COC1CCCC(Nc2ccc(Br)nc2)C1. The number of nitrogens with one attached hydrogen (secondary N) is 1. The first-order valence-electron chi connectivity index (χ1n) is 5.69. The maximum atomic E-state index is 5.42. The van der Waals surface area contributed by atoms with Gasteiger partial charge in [-0.2, -0.15) is 0 Å². The van der Waals surface area contributed by atoms with Crippen LogP contribution >= 0.6 is 15.9 Å². The summed E-state index contributed by atoms with van der Waals surface area (Å²) in [6.45, 7) is 0. The molecule has 2 rings (SSSR count). The maximum Gasteiger partial charge on any atom is 0.106 e. The Morgan fingerprint density at radius 1 is 1.44 bits per heavy atom. The molecule has 1 aliphatic carbocycles. The van der Waals surface area contributed by atoms with Gasteiger partial charge in [-0.1, -0.05) is 0 Å². The fourth-order valence-electron chi connectivity index (χ4n) is 2.19. The number of hydrogen-bond acceptors (Lipinski definition) is 3. The Morgan fingerprint density at radius 2 is 2.31 bits per heavy atom. The number of halogens is 1. The molecule has 0 saturated heterocycles. The molecule has 0 aromatic carbocycles. The highest BCUT2D eigenvalue weighted by Crippen LogP contribution is 2.23. The molecule has 0 spiro atoms. The van der Waals surface area contributed by atoms with Crippen molar-refractivity contribution < 1.29 is 4.74 Å². The van der Waals surface area contributed by atoms with Gasteiger partial charge >= 0.3 is 0 Å². The molecule has 1 heterocycles. The van der Waals surface area contributed by atoms with Crippen LogP contribution in [0.2, 0.25) is 0 Å². The molecule has 3 nitrogen and oxygen atoms in total. The fourth-order valence-corrected chi connectivity index (χ4v) is 2.42. The topological polar surface area (TPSA) is 34.1 Å². The predicted octanol–water partition coefficient (Wildman–Crippen LogP) is 3.21. The molecule has 0 amide bonds. The summed E-state index contributed by atoms with van der Waals surface area (Å²) in [5, 5.41) is 3.51. The molecule has 16 heavy (non-hydrogen) atoms. The van der Waals surface area contributed by atoms with E-state index in [4.69, 9.17) is 4.74 Å². The van der Waals surface area contributed by atoms with Gasteiger partial charge in [0.25, 0.3) is 0 Å². The Hall–Kier alpha value is -0.610. The summed E-state index contributed by atoms with van der Waals surface area (Å²) in [5.74, 6) is 0. The third kappa shape index (κ3) is 3.19. The molecule has 0 radical (unpaired) electrons. The minimum Gasteiger partial charge on any atom is -0.381 e. The highest BCUT2D eigenvalue weighted by molar-refractivity contribution is 9.10. The van der Waals surface area contributed by atoms with Gasteiger partial charge < -0.3 is 10.1 Å². The number of hydrogen-bond donors (Lipinski definition) is 1. The number of nitrogens with zero attached hydrogens (tertiary/aromatic N) is 1. The lowest BCUT2D eigenvalue weighted by Crippen LogP contribution is -2.31. The lowest BCUT2D eigenvalue weighted by molar-refractivity contribution is 0.0669. The normalized spacial score (nSPS) is 25.4. The molecule has 1 N–H and O–H groups in total. The van der Waals surface area contributed by atoms with E-state index in [9.17, 15) is 0 Å². The van der Waals surface area contributed by atoms with Crippen LogP contribution in [0.1, 0.15) is 25.7 Å². The summed E-state index contributed by atoms with van der Waals surface area (Å²) in [7, 11) is 1.80. The Balaban J connectivity index is 1.91. The lowest BCUT2D eigenvalue weighted by Gasteiger charge is -2.29. The quantitative estimate of drug-likeness (QED) is 0.866. The van der Waals surface area contributed by atoms with Crippen molar-refractivity contribution in [1.29, 1.82) is 0 Å². The summed E-state index contributed by atoms with van der Waals surface area (Å²) in [6, 6.07) is 4.52. The number of ether oxygens (including phenoxy) is 1. The molecule has 0 aliphatic heterocycles. The Labute approximate surface area is 105 Å². The van der Waals surface area contributed by atoms with Crippen molar-refractivity contribution in [2.75, 3.05) is 12.4 Å². The molecule has 1 aliphatic rings. The Morgan fingerprint density at radius 3 is 3.00 bits per heavy atom. The lowest BCUT2D eigenvalue weighted by atomic mass is 9.93. The van der Waals surface area contributed by atoms with Crippen LogP contribution in [0.15, 0.2) is 22.9 Å². The third-order valence-corrected chi connectivity index (χ3v) is 3.53. The van der Waals surface area contributed by atoms with E-state index in [1.54, 1.807) is 7.11 Å². The average molecular weight is 285 g/mol. The molecule has 0 bridgehead atoms. The molecule has 2 unspecified atom stereocenters. The molecule has 2 atom stereocenters. The van der Waals surface area contributed by atoms with E-state index in [-0.39, 0.29) is 0 Å². The van der Waals surface area contributed by atoms with Crippen molar-refractivity contribution in [3.63, 3.8) is 0 Å². The van der Waals surface area contributed by atoms with Crippen molar-refractivity contribution >= 4 is 21.6 Å². The molecule has 1 aromatic heterocycles. The van der Waals surface area contributed by atoms with Crippen LogP contribution in [-0.2, 0) is 4.74 Å². The van der Waals surface area contributed by atoms with Crippen LogP contribution in [0, 0.1) is 0 Å². The number of aromatic nitrogens is 1. The number of anilines is 1. The van der Waals surface area contributed by atoms with Crippen LogP contribution in [0.25, 0.3) is 0 Å². The van der Waals surface area contributed by atoms with Gasteiger partial charge in [0, 0.05) is 13.2 Å². The van der Waals surface area contributed by atoms with Gasteiger partial charge in [0.1, 0.15) is 4.60 Å². The van der Waals surface area contributed by atoms with Gasteiger partial charge in [-0.05, 0) is 53.7 Å². The van der Waals surface area contributed by atoms with Gasteiger partial charge in [0.05, 0.1) is 18.0 Å². The molecule has 88 valence electrons. The number of rotatable bonds is 3. The van der Waals surface area contributed by atoms with E-state index in [1.165, 1.54) is 19.3 Å². The van der Waals surface area contributed by atoms with Crippen LogP contribution in [0.5, 0.6) is 0 Å². The molecule has 4 heteroatoms. The third-order valence-electron chi connectivity index (χ3n) is 3.06.